The second-order valence-corrected chi connectivity index (χ2v) is 6.48. The number of hydrogen-bond donors (Lipinski definition) is 1. The predicted molar refractivity (Wildman–Crippen MR) is 112 cm³/mol. The third-order valence-corrected chi connectivity index (χ3v) is 4.51. The zero-order valence-electron chi connectivity index (χ0n) is 16.4. The Hall–Kier alpha value is -3.67. The van der Waals surface area contributed by atoms with E-state index < -0.39 is 5.63 Å². The van der Waals surface area contributed by atoms with E-state index in [-0.39, 0.29) is 0 Å². The van der Waals surface area contributed by atoms with Crippen LogP contribution in [0.3, 0.4) is 0 Å². The SMILES string of the molecule is CCOc1ccc(-c2c(Nc3ccccc3)oc3cc(C)oc(=O)c23)cc1OC. The average molecular weight is 391 g/mol. The summed E-state index contributed by atoms with van der Waals surface area (Å²) in [5.74, 6) is 2.14. The molecule has 0 unspecified atom stereocenters. The zero-order valence-corrected chi connectivity index (χ0v) is 16.4. The zero-order chi connectivity index (χ0) is 20.4. The summed E-state index contributed by atoms with van der Waals surface area (Å²) in [7, 11) is 1.58. The van der Waals surface area contributed by atoms with Crippen molar-refractivity contribution in [2.75, 3.05) is 19.0 Å². The minimum atomic E-state index is -0.451. The molecule has 2 aromatic carbocycles. The van der Waals surface area contributed by atoms with Crippen LogP contribution in [-0.2, 0) is 0 Å². The molecule has 2 heterocycles. The summed E-state index contributed by atoms with van der Waals surface area (Å²) in [6, 6.07) is 16.8. The van der Waals surface area contributed by atoms with Gasteiger partial charge in [-0.15, -0.1) is 0 Å². The van der Waals surface area contributed by atoms with Crippen molar-refractivity contribution >= 4 is 22.5 Å². The Morgan fingerprint density at radius 3 is 2.52 bits per heavy atom. The number of methoxy groups -OCH3 is 1. The lowest BCUT2D eigenvalue weighted by Gasteiger charge is -2.12. The van der Waals surface area contributed by atoms with Gasteiger partial charge < -0.3 is 23.6 Å². The molecule has 0 saturated carbocycles. The molecule has 0 amide bonds. The molecule has 148 valence electrons. The van der Waals surface area contributed by atoms with Gasteiger partial charge in [0.1, 0.15) is 16.7 Å². The maximum atomic E-state index is 12.7. The Kier molecular flexibility index (Phi) is 4.99. The van der Waals surface area contributed by atoms with Crippen LogP contribution >= 0.6 is 0 Å². The fourth-order valence-electron chi connectivity index (χ4n) is 3.28. The van der Waals surface area contributed by atoms with Gasteiger partial charge in [-0.05, 0) is 43.7 Å². The van der Waals surface area contributed by atoms with E-state index in [4.69, 9.17) is 18.3 Å². The van der Waals surface area contributed by atoms with Gasteiger partial charge in [0, 0.05) is 11.8 Å². The highest BCUT2D eigenvalue weighted by atomic mass is 16.5. The smallest absolute Gasteiger partial charge is 0.347 e. The van der Waals surface area contributed by atoms with E-state index in [1.54, 1.807) is 20.1 Å². The molecule has 0 atom stereocenters. The van der Waals surface area contributed by atoms with E-state index in [0.29, 0.717) is 46.3 Å². The van der Waals surface area contributed by atoms with Gasteiger partial charge in [0.2, 0.25) is 5.88 Å². The van der Waals surface area contributed by atoms with Crippen LogP contribution < -0.4 is 20.4 Å². The average Bonchev–Trinajstić information content (AvgIpc) is 3.07. The fourth-order valence-corrected chi connectivity index (χ4v) is 3.28. The normalized spacial score (nSPS) is 10.9. The lowest BCUT2D eigenvalue weighted by Crippen LogP contribution is -2.01. The minimum absolute atomic E-state index is 0.375. The first-order chi connectivity index (χ1) is 14.1. The van der Waals surface area contributed by atoms with E-state index in [1.165, 1.54) is 0 Å². The van der Waals surface area contributed by atoms with Crippen molar-refractivity contribution in [3.05, 3.63) is 70.8 Å². The molecule has 0 fully saturated rings. The predicted octanol–water partition coefficient (Wildman–Crippen LogP) is 5.51. The van der Waals surface area contributed by atoms with Gasteiger partial charge >= 0.3 is 5.63 Å². The number of benzene rings is 2. The van der Waals surface area contributed by atoms with Crippen LogP contribution in [-0.4, -0.2) is 13.7 Å². The van der Waals surface area contributed by atoms with E-state index in [9.17, 15) is 4.79 Å². The summed E-state index contributed by atoms with van der Waals surface area (Å²) in [6.07, 6.45) is 0. The molecule has 0 aliphatic heterocycles. The molecular weight excluding hydrogens is 370 g/mol. The monoisotopic (exact) mass is 391 g/mol. The molecule has 29 heavy (non-hydrogen) atoms. The van der Waals surface area contributed by atoms with E-state index in [1.807, 2.05) is 55.5 Å². The van der Waals surface area contributed by atoms with Crippen molar-refractivity contribution in [2.45, 2.75) is 13.8 Å². The Bertz CT molecular complexity index is 1210. The minimum Gasteiger partial charge on any atom is -0.493 e. The van der Waals surface area contributed by atoms with Crippen LogP contribution in [0.25, 0.3) is 22.1 Å². The molecule has 0 aliphatic carbocycles. The van der Waals surface area contributed by atoms with Gasteiger partial charge in [0.25, 0.3) is 0 Å². The third kappa shape index (κ3) is 3.57. The number of nitrogens with one attached hydrogen (secondary N) is 1. The van der Waals surface area contributed by atoms with Gasteiger partial charge in [0.05, 0.1) is 19.3 Å². The second-order valence-electron chi connectivity index (χ2n) is 6.48. The second kappa shape index (κ2) is 7.75. The fraction of sp³-hybridized carbons (Fsp3) is 0.174. The van der Waals surface area contributed by atoms with Crippen LogP contribution in [0, 0.1) is 6.92 Å². The maximum Gasteiger partial charge on any atom is 0.347 e. The quantitative estimate of drug-likeness (QED) is 0.467. The standard InChI is InChI=1S/C23H21NO5/c1-4-27-17-11-10-15(13-18(17)26-3)20-21-19(12-14(2)28-23(21)25)29-22(20)24-16-8-6-5-7-9-16/h5-13,24H,4H2,1-3H3. The van der Waals surface area contributed by atoms with Crippen LogP contribution in [0.4, 0.5) is 11.6 Å². The molecule has 0 saturated heterocycles. The number of fused-ring (bicyclic) bond motifs is 1. The number of para-hydroxylation sites is 1. The Morgan fingerprint density at radius 2 is 1.79 bits per heavy atom. The van der Waals surface area contributed by atoms with Gasteiger partial charge in [-0.1, -0.05) is 24.3 Å². The lowest BCUT2D eigenvalue weighted by atomic mass is 10.0. The highest BCUT2D eigenvalue weighted by molar-refractivity contribution is 6.00. The van der Waals surface area contributed by atoms with Gasteiger partial charge in [-0.3, -0.25) is 0 Å². The van der Waals surface area contributed by atoms with Crippen molar-refractivity contribution in [3.8, 4) is 22.6 Å². The molecule has 4 aromatic rings. The number of ether oxygens (including phenoxy) is 2. The first-order valence-corrected chi connectivity index (χ1v) is 9.31. The van der Waals surface area contributed by atoms with Gasteiger partial charge in [-0.2, -0.15) is 0 Å². The van der Waals surface area contributed by atoms with Crippen LogP contribution in [0.1, 0.15) is 12.7 Å². The molecule has 4 rings (SSSR count). The molecule has 0 aliphatic rings. The summed E-state index contributed by atoms with van der Waals surface area (Å²) >= 11 is 0. The van der Waals surface area contributed by atoms with E-state index in [0.717, 1.165) is 11.3 Å². The number of aryl methyl sites for hydroxylation is 1. The summed E-state index contributed by atoms with van der Waals surface area (Å²) in [5, 5.41) is 3.64. The first-order valence-electron chi connectivity index (χ1n) is 9.31. The van der Waals surface area contributed by atoms with E-state index in [2.05, 4.69) is 5.32 Å². The van der Waals surface area contributed by atoms with Crippen LogP contribution in [0.2, 0.25) is 0 Å². The molecule has 1 N–H and O–H groups in total. The Morgan fingerprint density at radius 1 is 1.00 bits per heavy atom. The van der Waals surface area contributed by atoms with Crippen molar-refractivity contribution in [1.82, 2.24) is 0 Å². The lowest BCUT2D eigenvalue weighted by molar-refractivity contribution is 0.311. The molecular formula is C23H21NO5. The number of hydrogen-bond acceptors (Lipinski definition) is 6. The highest BCUT2D eigenvalue weighted by Gasteiger charge is 2.22. The number of anilines is 2. The largest absolute Gasteiger partial charge is 0.493 e. The first kappa shape index (κ1) is 18.7. The molecule has 0 radical (unpaired) electrons. The molecule has 2 aromatic heterocycles. The highest BCUT2D eigenvalue weighted by Crippen LogP contribution is 2.41. The Labute approximate surface area is 167 Å². The van der Waals surface area contributed by atoms with Crippen molar-refractivity contribution in [3.63, 3.8) is 0 Å². The number of rotatable bonds is 6. The Balaban J connectivity index is 1.94. The summed E-state index contributed by atoms with van der Waals surface area (Å²) in [4.78, 5) is 12.7. The van der Waals surface area contributed by atoms with Gasteiger partial charge in [0.15, 0.2) is 11.5 Å². The maximum absolute atomic E-state index is 12.7. The summed E-state index contributed by atoms with van der Waals surface area (Å²) < 4.78 is 22.5. The molecule has 6 nitrogen and oxygen atoms in total. The van der Waals surface area contributed by atoms with Crippen LogP contribution in [0.15, 0.2) is 68.2 Å². The molecule has 0 bridgehead atoms. The van der Waals surface area contributed by atoms with Gasteiger partial charge in [-0.25, -0.2) is 4.79 Å². The van der Waals surface area contributed by atoms with Crippen molar-refractivity contribution in [1.29, 1.82) is 0 Å². The topological polar surface area (TPSA) is 73.8 Å². The van der Waals surface area contributed by atoms with Crippen molar-refractivity contribution in [2.24, 2.45) is 0 Å². The summed E-state index contributed by atoms with van der Waals surface area (Å²) in [5.41, 5.74) is 2.21. The van der Waals surface area contributed by atoms with Crippen LogP contribution in [0.5, 0.6) is 11.5 Å². The molecule has 6 heteroatoms. The molecule has 0 spiro atoms. The van der Waals surface area contributed by atoms with Crippen molar-refractivity contribution < 1.29 is 18.3 Å². The van der Waals surface area contributed by atoms with E-state index >= 15 is 0 Å². The summed E-state index contributed by atoms with van der Waals surface area (Å²) in [6.45, 7) is 4.15. The number of furan rings is 1. The third-order valence-electron chi connectivity index (χ3n) is 4.51.